The van der Waals surface area contributed by atoms with Gasteiger partial charge in [-0.2, -0.15) is 0 Å². The zero-order valence-corrected chi connectivity index (χ0v) is 2.44. The van der Waals surface area contributed by atoms with Crippen LogP contribution in [0.4, 0.5) is 0 Å². The Morgan fingerprint density at radius 2 is 1.80 bits per heavy atom. The van der Waals surface area contributed by atoms with Crippen LogP contribution in [0.15, 0.2) is 0 Å². The van der Waals surface area contributed by atoms with Crippen molar-refractivity contribution in [1.29, 1.82) is 0 Å². The molecule has 30 valence electrons. The second-order valence-corrected chi connectivity index (χ2v) is 0.512. The van der Waals surface area contributed by atoms with E-state index in [9.17, 15) is 0 Å². The van der Waals surface area contributed by atoms with E-state index >= 15 is 0 Å². The number of nitrogens with two attached hydrogens (primary N) is 1. The zero-order valence-electron chi connectivity index (χ0n) is 2.44. The van der Waals surface area contributed by atoms with Crippen LogP contribution in [0.25, 0.3) is 0 Å². The molecule has 2 nitrogen and oxygen atoms in total. The van der Waals surface area contributed by atoms with E-state index < -0.39 is 0 Å². The van der Waals surface area contributed by atoms with Crippen LogP contribution in [-0.2, 0) is 0 Å². The van der Waals surface area contributed by atoms with Crippen LogP contribution in [0.3, 0.4) is 0 Å². The molecular weight excluding hydrogens is 78.3 g/mol. The predicted octanol–water partition coefficient (Wildman–Crippen LogP) is -1.98. The normalized spacial score (nSPS) is 6.00. The Morgan fingerprint density at radius 1 is 1.60 bits per heavy atom. The minimum absolute atomic E-state index is 0. The molecule has 0 saturated heterocycles. The molecule has 3 N–H and O–H groups in total. The smallest absolute Gasteiger partial charge is 0.316 e. The van der Waals surface area contributed by atoms with E-state index in [0.717, 1.165) is 0 Å². The van der Waals surface area contributed by atoms with E-state index in [0.29, 0.717) is 6.54 Å². The molecule has 0 fully saturated rings. The summed E-state index contributed by atoms with van der Waals surface area (Å²) in [6, 6.07) is 0. The van der Waals surface area contributed by atoms with Gasteiger partial charge in [0.15, 0.2) is 0 Å². The first-order valence-electron chi connectivity index (χ1n) is 1.22. The minimum Gasteiger partial charge on any atom is -0.395 e. The van der Waals surface area contributed by atoms with Crippen molar-refractivity contribution in [3.8, 4) is 0 Å². The molecule has 0 unspecified atom stereocenters. The summed E-state index contributed by atoms with van der Waals surface area (Å²) in [6.45, 7) is 0.472. The number of aliphatic hydroxyl groups excluding tert-OH is 1. The van der Waals surface area contributed by atoms with Crippen LogP contribution in [0.1, 0.15) is 0 Å². The maximum Gasteiger partial charge on any atom is 0.316 e. The lowest BCUT2D eigenvalue weighted by Crippen LogP contribution is -2.02. The second kappa shape index (κ2) is 8.82. The highest BCUT2D eigenvalue weighted by Crippen LogP contribution is 1.33. The van der Waals surface area contributed by atoms with Gasteiger partial charge in [-0.25, -0.2) is 0 Å². The molecule has 0 aliphatic carbocycles. The molecule has 0 aromatic carbocycles. The Kier molecular flexibility index (Phi) is 16.2. The van der Waals surface area contributed by atoms with Crippen LogP contribution in [0, 0.1) is 0 Å². The molecule has 3 heteroatoms. The molecule has 0 aromatic heterocycles. The lowest BCUT2D eigenvalue weighted by molar-refractivity contribution is 0.306. The number of rotatable bonds is 1. The first-order valence-corrected chi connectivity index (χ1v) is 1.22. The molecule has 0 atom stereocenters. The average molecular weight is 87.4 g/mol. The largest absolute Gasteiger partial charge is 0.395 e. The third-order valence-corrected chi connectivity index (χ3v) is 0.129. The van der Waals surface area contributed by atoms with Gasteiger partial charge in [0, 0.05) is 6.54 Å². The summed E-state index contributed by atoms with van der Waals surface area (Å²) in [4.78, 5) is 0. The number of hydrogen-bond donors (Lipinski definition) is 2. The van der Waals surface area contributed by atoms with E-state index in [4.69, 9.17) is 10.8 Å². The van der Waals surface area contributed by atoms with Gasteiger partial charge in [0.1, 0.15) is 0 Å². The van der Waals surface area contributed by atoms with Gasteiger partial charge in [0.25, 0.3) is 0 Å². The molecule has 0 aliphatic heterocycles. The summed E-state index contributed by atoms with van der Waals surface area (Å²) in [7, 11) is 0. The van der Waals surface area contributed by atoms with Gasteiger partial charge in [-0.15, -0.1) is 0 Å². The highest BCUT2D eigenvalue weighted by atomic mass is 24.3. The SMILES string of the molecule is NCCO.[MgH2]. The third kappa shape index (κ3) is 11.9. The molecule has 0 spiro atoms. The summed E-state index contributed by atoms with van der Waals surface area (Å²) in [5, 5.41) is 7.75. The Labute approximate surface area is 47.5 Å². The van der Waals surface area contributed by atoms with Crippen molar-refractivity contribution >= 4 is 23.1 Å². The fourth-order valence-electron chi connectivity index (χ4n) is 0. The van der Waals surface area contributed by atoms with Gasteiger partial charge in [-0.3, -0.25) is 0 Å². The van der Waals surface area contributed by atoms with E-state index in [1.807, 2.05) is 0 Å². The monoisotopic (exact) mass is 87.1 g/mol. The Balaban J connectivity index is 0. The molecule has 0 rings (SSSR count). The van der Waals surface area contributed by atoms with Crippen molar-refractivity contribution in [1.82, 2.24) is 0 Å². The second-order valence-electron chi connectivity index (χ2n) is 0.512. The third-order valence-electron chi connectivity index (χ3n) is 0.129. The lowest BCUT2D eigenvalue weighted by atomic mass is 10.8. The first kappa shape index (κ1) is 9.19. The van der Waals surface area contributed by atoms with Crippen LogP contribution >= 0.6 is 0 Å². The van der Waals surface area contributed by atoms with Gasteiger partial charge in [0.2, 0.25) is 0 Å². The van der Waals surface area contributed by atoms with Gasteiger partial charge < -0.3 is 10.8 Å². The lowest BCUT2D eigenvalue weighted by Gasteiger charge is -1.71. The summed E-state index contributed by atoms with van der Waals surface area (Å²) in [5.41, 5.74) is 4.78. The Morgan fingerprint density at radius 3 is 1.80 bits per heavy atom. The maximum atomic E-state index is 7.75. The van der Waals surface area contributed by atoms with Crippen molar-refractivity contribution < 1.29 is 5.11 Å². The Hall–Kier alpha value is 0.686. The van der Waals surface area contributed by atoms with Gasteiger partial charge >= 0.3 is 23.1 Å². The molecule has 0 radical (unpaired) electrons. The number of aliphatic hydroxyl groups is 1. The molecule has 5 heavy (non-hydrogen) atoms. The van der Waals surface area contributed by atoms with Crippen LogP contribution < -0.4 is 5.73 Å². The van der Waals surface area contributed by atoms with Crippen LogP contribution in [-0.4, -0.2) is 41.3 Å². The van der Waals surface area contributed by atoms with Crippen molar-refractivity contribution in [2.75, 3.05) is 13.2 Å². The minimum atomic E-state index is 0. The van der Waals surface area contributed by atoms with Crippen LogP contribution in [0.2, 0.25) is 0 Å². The molecule has 0 aliphatic rings. The van der Waals surface area contributed by atoms with Gasteiger partial charge in [-0.05, 0) is 0 Å². The molecule has 0 amide bonds. The van der Waals surface area contributed by atoms with Gasteiger partial charge in [-0.1, -0.05) is 0 Å². The van der Waals surface area contributed by atoms with E-state index in [2.05, 4.69) is 0 Å². The highest BCUT2D eigenvalue weighted by molar-refractivity contribution is 5.75. The van der Waals surface area contributed by atoms with Crippen molar-refractivity contribution in [2.24, 2.45) is 5.73 Å². The molecule has 0 saturated carbocycles. The molecule has 0 aromatic rings. The first-order chi connectivity index (χ1) is 1.91. The van der Waals surface area contributed by atoms with E-state index in [1.165, 1.54) is 0 Å². The standard InChI is InChI=1S/C2H7NO.Mg.2H/c3-1-2-4;;;/h4H,1-3H2;;;. The number of hydrogen-bond acceptors (Lipinski definition) is 2. The predicted molar refractivity (Wildman–Crippen MR) is 24.7 cm³/mol. The fourth-order valence-corrected chi connectivity index (χ4v) is 0. The van der Waals surface area contributed by atoms with E-state index in [1.54, 1.807) is 0 Å². The van der Waals surface area contributed by atoms with Crippen molar-refractivity contribution in [3.05, 3.63) is 0 Å². The van der Waals surface area contributed by atoms with Crippen molar-refractivity contribution in [2.45, 2.75) is 0 Å². The van der Waals surface area contributed by atoms with Crippen molar-refractivity contribution in [3.63, 3.8) is 0 Å². The average Bonchev–Trinajstić information content (AvgIpc) is 1.37. The summed E-state index contributed by atoms with van der Waals surface area (Å²) in [6.07, 6.45) is 0. The maximum absolute atomic E-state index is 7.75. The van der Waals surface area contributed by atoms with E-state index in [-0.39, 0.29) is 29.7 Å². The molecule has 0 bridgehead atoms. The summed E-state index contributed by atoms with van der Waals surface area (Å²) < 4.78 is 0. The highest BCUT2D eigenvalue weighted by Gasteiger charge is 1.56. The fraction of sp³-hybridized carbons (Fsp3) is 1.00. The molecular formula is C2H9MgNO. The van der Waals surface area contributed by atoms with Crippen LogP contribution in [0.5, 0.6) is 0 Å². The van der Waals surface area contributed by atoms with Gasteiger partial charge in [0.05, 0.1) is 6.61 Å². The quantitative estimate of drug-likeness (QED) is 0.364. The zero-order chi connectivity index (χ0) is 3.41. The Bertz CT molecular complexity index is 11.6. The molecule has 0 heterocycles. The summed E-state index contributed by atoms with van der Waals surface area (Å²) in [5.74, 6) is 0. The topological polar surface area (TPSA) is 46.2 Å². The summed E-state index contributed by atoms with van der Waals surface area (Å²) >= 11 is 0.